The van der Waals surface area contributed by atoms with Crippen LogP contribution in [-0.4, -0.2) is 84.5 Å². The summed E-state index contributed by atoms with van der Waals surface area (Å²) < 4.78 is 36.3. The molecule has 0 radical (unpaired) electrons. The maximum atomic E-state index is 14.4. The third-order valence-corrected chi connectivity index (χ3v) is 16.9. The summed E-state index contributed by atoms with van der Waals surface area (Å²) >= 11 is 0. The summed E-state index contributed by atoms with van der Waals surface area (Å²) in [4.78, 5) is 44.8. The molecule has 3 aromatic heterocycles. The highest BCUT2D eigenvalue weighted by atomic mass is 32.2. The van der Waals surface area contributed by atoms with Gasteiger partial charge < -0.3 is 24.8 Å². The second-order valence-electron chi connectivity index (χ2n) is 19.7. The highest BCUT2D eigenvalue weighted by Gasteiger charge is 2.50. The van der Waals surface area contributed by atoms with E-state index in [1.165, 1.54) is 51.5 Å². The van der Waals surface area contributed by atoms with E-state index in [9.17, 15) is 23.3 Å². The number of aromatic amines is 1. The number of piperidine rings is 1. The van der Waals surface area contributed by atoms with E-state index < -0.39 is 31.4 Å². The molecular weight excluding hydrogens is 855 g/mol. The Morgan fingerprint density at radius 1 is 0.894 bits per heavy atom. The Bertz CT molecular complexity index is 2750. The average molecular weight is 914 g/mol. The molecule has 5 fully saturated rings. The van der Waals surface area contributed by atoms with E-state index in [4.69, 9.17) is 9.72 Å². The number of nitrogens with zero attached hydrogens (tertiary/aromatic N) is 6. The molecule has 346 valence electrons. The fourth-order valence-electron chi connectivity index (χ4n) is 11.8. The first-order valence-electron chi connectivity index (χ1n) is 24.2. The Balaban J connectivity index is 0.839. The van der Waals surface area contributed by atoms with Crippen molar-refractivity contribution in [3.8, 4) is 5.88 Å². The van der Waals surface area contributed by atoms with Crippen LogP contribution in [0.4, 0.5) is 28.6 Å². The molecule has 6 heterocycles. The number of hydrogen-bond donors (Lipinski definition) is 3. The van der Waals surface area contributed by atoms with Gasteiger partial charge in [-0.1, -0.05) is 43.5 Å². The number of sulfonamides is 1. The van der Waals surface area contributed by atoms with E-state index in [1.807, 2.05) is 35.4 Å². The lowest BCUT2D eigenvalue weighted by molar-refractivity contribution is -0.384. The minimum atomic E-state index is -4.59. The number of benzene rings is 2. The summed E-state index contributed by atoms with van der Waals surface area (Å²) in [7, 11) is -4.59. The summed E-state index contributed by atoms with van der Waals surface area (Å²) in [5, 5.41) is 16.2. The van der Waals surface area contributed by atoms with Crippen molar-refractivity contribution in [1.29, 1.82) is 0 Å². The number of nitrogens with one attached hydrogen (secondary N) is 3. The quantitative estimate of drug-likeness (QED) is 0.0799. The lowest BCUT2D eigenvalue weighted by Gasteiger charge is -2.56. The topological polar surface area (TPSA) is 179 Å². The van der Waals surface area contributed by atoms with Crippen molar-refractivity contribution < 1.29 is 22.9 Å². The van der Waals surface area contributed by atoms with Crippen LogP contribution in [0.3, 0.4) is 0 Å². The van der Waals surface area contributed by atoms with Gasteiger partial charge in [-0.3, -0.25) is 19.8 Å². The molecule has 0 unspecified atom stereocenters. The van der Waals surface area contributed by atoms with E-state index in [1.54, 1.807) is 17.2 Å². The number of aromatic nitrogens is 3. The zero-order chi connectivity index (χ0) is 45.0. The van der Waals surface area contributed by atoms with E-state index in [0.717, 1.165) is 80.9 Å². The summed E-state index contributed by atoms with van der Waals surface area (Å²) in [6, 6.07) is 20.8. The number of anilines is 4. The van der Waals surface area contributed by atoms with Crippen molar-refractivity contribution >= 4 is 55.5 Å². The normalized spacial score (nSPS) is 21.5. The summed E-state index contributed by atoms with van der Waals surface area (Å²) in [6.07, 6.45) is 18.7. The highest BCUT2D eigenvalue weighted by molar-refractivity contribution is 7.90. The first-order chi connectivity index (χ1) is 32.1. The Kier molecular flexibility index (Phi) is 11.4. The molecule has 15 nitrogen and oxygen atoms in total. The van der Waals surface area contributed by atoms with Crippen LogP contribution in [0, 0.1) is 21.4 Å². The predicted octanol–water partition coefficient (Wildman–Crippen LogP) is 9.36. The van der Waals surface area contributed by atoms with Crippen LogP contribution in [-0.2, 0) is 10.0 Å². The molecule has 1 amide bonds. The first-order valence-corrected chi connectivity index (χ1v) is 25.7. The van der Waals surface area contributed by atoms with Crippen molar-refractivity contribution in [3.63, 3.8) is 0 Å². The molecule has 16 heteroatoms. The molecular formula is C50H59N9O6S. The zero-order valence-electron chi connectivity index (χ0n) is 37.4. The van der Waals surface area contributed by atoms with Crippen LogP contribution in [0.25, 0.3) is 11.0 Å². The monoisotopic (exact) mass is 913 g/mol. The zero-order valence-corrected chi connectivity index (χ0v) is 38.2. The number of H-pyrrole nitrogens is 1. The predicted molar refractivity (Wildman–Crippen MR) is 254 cm³/mol. The number of hydrogen-bond acceptors (Lipinski definition) is 12. The number of fused-ring (bicyclic) bond motifs is 2. The number of carbonyl (C=O) groups is 1. The van der Waals surface area contributed by atoms with Gasteiger partial charge in [0.25, 0.3) is 15.9 Å². The first kappa shape index (κ1) is 42.9. The van der Waals surface area contributed by atoms with Crippen LogP contribution in [0.15, 0.2) is 78.0 Å². The number of likely N-dealkylation sites (tertiary alicyclic amines) is 1. The Hall–Kier alpha value is -5.74. The van der Waals surface area contributed by atoms with Gasteiger partial charge in [-0.15, -0.1) is 0 Å². The number of pyridine rings is 2. The van der Waals surface area contributed by atoms with Crippen molar-refractivity contribution in [2.24, 2.45) is 11.3 Å². The summed E-state index contributed by atoms with van der Waals surface area (Å²) in [5.41, 5.74) is 5.95. The molecule has 66 heavy (non-hydrogen) atoms. The van der Waals surface area contributed by atoms with E-state index in [0.29, 0.717) is 72.4 Å². The van der Waals surface area contributed by atoms with Gasteiger partial charge in [0.15, 0.2) is 0 Å². The molecule has 1 spiro atoms. The molecule has 2 saturated heterocycles. The molecule has 3 aliphatic carbocycles. The third kappa shape index (κ3) is 8.35. The van der Waals surface area contributed by atoms with Crippen LogP contribution < -0.4 is 24.6 Å². The van der Waals surface area contributed by atoms with Gasteiger partial charge in [-0.05, 0) is 136 Å². The lowest BCUT2D eigenvalue weighted by Crippen LogP contribution is -2.55. The van der Waals surface area contributed by atoms with E-state index >= 15 is 0 Å². The van der Waals surface area contributed by atoms with Crippen molar-refractivity contribution in [1.82, 2.24) is 24.6 Å². The van der Waals surface area contributed by atoms with Crippen LogP contribution in [0.5, 0.6) is 5.88 Å². The van der Waals surface area contributed by atoms with Gasteiger partial charge in [-0.25, -0.2) is 18.1 Å². The molecule has 2 aromatic carbocycles. The molecule has 6 aliphatic rings. The number of nitro groups is 1. The molecule has 3 aliphatic heterocycles. The molecule has 3 N–H and O–H groups in total. The van der Waals surface area contributed by atoms with Crippen molar-refractivity contribution in [2.45, 2.75) is 113 Å². The van der Waals surface area contributed by atoms with Gasteiger partial charge in [0, 0.05) is 61.6 Å². The Labute approximate surface area is 385 Å². The van der Waals surface area contributed by atoms with E-state index in [-0.39, 0.29) is 11.4 Å². The standard InChI is InChI=1S/C50H59N9O6S/c60-48(55-66(63,64)38-28-44(59(61)62)47(53-32-38)52-31-33-8-2-1-3-9-33)41-16-15-36(27-43(41)58-22-7-25-65-49-45(58)26-35-17-20-51-46(35)54-49)56-23-18-50(19-24-56)29-37(30-50)57-21-6-12-42(57)40-11-5-4-10-39(40)34-13-14-34/h4-5,10-11,15-17,20,26-28,32-34,37,42H,1-3,6-9,12-14,18-19,21-25,29-31H2,(H,51,54)(H,52,53)(H,55,60)/t42-/m0/s1. The Morgan fingerprint density at radius 2 is 1.70 bits per heavy atom. The number of rotatable bonds is 12. The number of amides is 1. The lowest BCUT2D eigenvalue weighted by atomic mass is 9.59. The third-order valence-electron chi connectivity index (χ3n) is 15.6. The van der Waals surface area contributed by atoms with Crippen molar-refractivity contribution in [3.05, 3.63) is 99.9 Å². The SMILES string of the molecule is O=C(NS(=O)(=O)c1cnc(NCC2CCCCC2)c([N+](=O)[O-])c1)c1ccc(N2CCC3(CC2)CC(N2CCC[C@H]2c2ccccc2C2CC2)C3)cc1N1CCCOc2nc3[nH]ccc3cc21. The minimum absolute atomic E-state index is 0.00667. The molecule has 1 atom stereocenters. The Morgan fingerprint density at radius 3 is 2.48 bits per heavy atom. The second-order valence-corrected chi connectivity index (χ2v) is 21.4. The van der Waals surface area contributed by atoms with Crippen molar-refractivity contribution in [2.75, 3.05) is 54.4 Å². The maximum absolute atomic E-state index is 14.4. The highest BCUT2D eigenvalue weighted by Crippen LogP contribution is 2.55. The van der Waals surface area contributed by atoms with Gasteiger partial charge in [0.2, 0.25) is 11.7 Å². The molecule has 0 bridgehead atoms. The summed E-state index contributed by atoms with van der Waals surface area (Å²) in [6.45, 7) is 4.34. The minimum Gasteiger partial charge on any atom is -0.476 e. The maximum Gasteiger partial charge on any atom is 0.312 e. The number of carbonyl (C=O) groups excluding carboxylic acids is 1. The number of ether oxygens (including phenoxy) is 1. The van der Waals surface area contributed by atoms with E-state index in [2.05, 4.69) is 54.1 Å². The fraction of sp³-hybridized carbons (Fsp3) is 0.500. The van der Waals surface area contributed by atoms with Crippen LogP contribution >= 0.6 is 0 Å². The van der Waals surface area contributed by atoms with Crippen LogP contribution in [0.1, 0.15) is 123 Å². The molecule has 11 rings (SSSR count). The van der Waals surface area contributed by atoms with Gasteiger partial charge in [-0.2, -0.15) is 4.98 Å². The second kappa shape index (κ2) is 17.5. The molecule has 5 aromatic rings. The van der Waals surface area contributed by atoms with Gasteiger partial charge in [0.1, 0.15) is 16.2 Å². The van der Waals surface area contributed by atoms with Crippen LogP contribution in [0.2, 0.25) is 0 Å². The van der Waals surface area contributed by atoms with Gasteiger partial charge in [0.05, 0.1) is 29.0 Å². The molecule has 3 saturated carbocycles. The summed E-state index contributed by atoms with van der Waals surface area (Å²) in [5.74, 6) is 0.674. The van der Waals surface area contributed by atoms with Gasteiger partial charge >= 0.3 is 5.69 Å². The smallest absolute Gasteiger partial charge is 0.312 e. The average Bonchev–Trinajstić information content (AvgIpc) is 3.95. The fourth-order valence-corrected chi connectivity index (χ4v) is 12.8. The largest absolute Gasteiger partial charge is 0.476 e.